The van der Waals surface area contributed by atoms with Gasteiger partial charge < -0.3 is 5.73 Å². The summed E-state index contributed by atoms with van der Waals surface area (Å²) in [6.07, 6.45) is 8.45. The Bertz CT molecular complexity index is 433. The Balaban J connectivity index is 1.58. The number of nitrogens with zero attached hydrogens (tertiary/aromatic N) is 1. The molecule has 1 aromatic carbocycles. The fraction of sp³-hybridized carbons (Fsp3) is 0.647. The molecule has 1 heterocycles. The third-order valence-corrected chi connectivity index (χ3v) is 5.01. The molecule has 0 saturated heterocycles. The van der Waals surface area contributed by atoms with Crippen molar-refractivity contribution in [2.45, 2.75) is 64.6 Å². The molecule has 2 heteroatoms. The van der Waals surface area contributed by atoms with Crippen molar-refractivity contribution in [2.24, 2.45) is 5.92 Å². The maximum absolute atomic E-state index is 5.89. The van der Waals surface area contributed by atoms with E-state index in [2.05, 4.69) is 24.0 Å². The van der Waals surface area contributed by atoms with E-state index in [1.807, 2.05) is 6.07 Å². The monoisotopic (exact) mass is 258 g/mol. The summed E-state index contributed by atoms with van der Waals surface area (Å²) in [5, 5.41) is 0. The molecule has 2 nitrogen and oxygen atoms in total. The van der Waals surface area contributed by atoms with Crippen LogP contribution in [0.3, 0.4) is 0 Å². The normalized spacial score (nSPS) is 27.4. The first-order valence-corrected chi connectivity index (χ1v) is 7.87. The first kappa shape index (κ1) is 13.0. The van der Waals surface area contributed by atoms with Crippen molar-refractivity contribution in [1.82, 2.24) is 4.90 Å². The zero-order valence-corrected chi connectivity index (χ0v) is 12.1. The molecule has 2 aliphatic rings. The second kappa shape index (κ2) is 5.54. The number of nitrogen functional groups attached to an aromatic ring is 1. The third-order valence-electron chi connectivity index (χ3n) is 5.01. The van der Waals surface area contributed by atoms with Crippen LogP contribution >= 0.6 is 0 Å². The highest BCUT2D eigenvalue weighted by Crippen LogP contribution is 2.34. The SMILES string of the molecule is CCCC1CCC(N2Cc3ccc(N)cc3C2)CC1. The van der Waals surface area contributed by atoms with Crippen molar-refractivity contribution < 1.29 is 0 Å². The van der Waals surface area contributed by atoms with Gasteiger partial charge in [0, 0.05) is 24.8 Å². The van der Waals surface area contributed by atoms with E-state index >= 15 is 0 Å². The minimum Gasteiger partial charge on any atom is -0.399 e. The number of hydrogen-bond acceptors (Lipinski definition) is 2. The van der Waals surface area contributed by atoms with Gasteiger partial charge in [-0.1, -0.05) is 25.8 Å². The lowest BCUT2D eigenvalue weighted by Crippen LogP contribution is -2.34. The minimum atomic E-state index is 0.807. The number of anilines is 1. The van der Waals surface area contributed by atoms with Crippen molar-refractivity contribution >= 4 is 5.69 Å². The first-order valence-electron chi connectivity index (χ1n) is 7.87. The van der Waals surface area contributed by atoms with Gasteiger partial charge in [-0.3, -0.25) is 4.90 Å². The molecule has 2 N–H and O–H groups in total. The molecule has 0 aromatic heterocycles. The zero-order chi connectivity index (χ0) is 13.2. The average molecular weight is 258 g/mol. The van der Waals surface area contributed by atoms with Gasteiger partial charge in [0.1, 0.15) is 0 Å². The van der Waals surface area contributed by atoms with Gasteiger partial charge in [0.2, 0.25) is 0 Å². The molecule has 1 aliphatic heterocycles. The number of rotatable bonds is 3. The summed E-state index contributed by atoms with van der Waals surface area (Å²) in [7, 11) is 0. The highest BCUT2D eigenvalue weighted by Gasteiger charge is 2.29. The van der Waals surface area contributed by atoms with E-state index in [0.29, 0.717) is 0 Å². The standard InChI is InChI=1S/C17H26N2/c1-2-3-13-4-8-17(9-5-13)19-11-14-6-7-16(18)10-15(14)12-19/h6-7,10,13,17H,2-5,8-9,11-12,18H2,1H3. The van der Waals surface area contributed by atoms with Crippen LogP contribution in [-0.2, 0) is 13.1 Å². The summed E-state index contributed by atoms with van der Waals surface area (Å²) < 4.78 is 0. The van der Waals surface area contributed by atoms with Gasteiger partial charge in [-0.2, -0.15) is 0 Å². The zero-order valence-electron chi connectivity index (χ0n) is 12.1. The molecule has 0 atom stereocenters. The number of fused-ring (bicyclic) bond motifs is 1. The molecule has 0 spiro atoms. The maximum atomic E-state index is 5.89. The molecule has 1 saturated carbocycles. The van der Waals surface area contributed by atoms with Gasteiger partial charge >= 0.3 is 0 Å². The van der Waals surface area contributed by atoms with Gasteiger partial charge in [-0.15, -0.1) is 0 Å². The van der Waals surface area contributed by atoms with Crippen molar-refractivity contribution in [3.05, 3.63) is 29.3 Å². The second-order valence-electron chi connectivity index (χ2n) is 6.40. The lowest BCUT2D eigenvalue weighted by atomic mass is 9.83. The summed E-state index contributed by atoms with van der Waals surface area (Å²) in [5.41, 5.74) is 9.74. The maximum Gasteiger partial charge on any atom is 0.0317 e. The Kier molecular flexibility index (Phi) is 3.79. The third kappa shape index (κ3) is 2.79. The van der Waals surface area contributed by atoms with Crippen LogP contribution in [0, 0.1) is 5.92 Å². The molecule has 19 heavy (non-hydrogen) atoms. The summed E-state index contributed by atoms with van der Waals surface area (Å²) in [6, 6.07) is 7.23. The molecular weight excluding hydrogens is 232 g/mol. The van der Waals surface area contributed by atoms with E-state index in [9.17, 15) is 0 Å². The Hall–Kier alpha value is -1.02. The Morgan fingerprint density at radius 1 is 1.11 bits per heavy atom. The van der Waals surface area contributed by atoms with Gasteiger partial charge in [0.15, 0.2) is 0 Å². The van der Waals surface area contributed by atoms with E-state index in [1.54, 1.807) is 0 Å². The predicted molar refractivity (Wildman–Crippen MR) is 80.8 cm³/mol. The number of nitrogens with two attached hydrogens (primary N) is 1. The summed E-state index contributed by atoms with van der Waals surface area (Å²) in [6.45, 7) is 4.57. The van der Waals surface area contributed by atoms with Crippen LogP contribution in [0.15, 0.2) is 18.2 Å². The number of benzene rings is 1. The Morgan fingerprint density at radius 3 is 2.58 bits per heavy atom. The molecular formula is C17H26N2. The molecule has 0 amide bonds. The minimum absolute atomic E-state index is 0.807. The lowest BCUT2D eigenvalue weighted by molar-refractivity contribution is 0.133. The van der Waals surface area contributed by atoms with E-state index in [-0.39, 0.29) is 0 Å². The van der Waals surface area contributed by atoms with E-state index in [4.69, 9.17) is 5.73 Å². The van der Waals surface area contributed by atoms with E-state index < -0.39 is 0 Å². The van der Waals surface area contributed by atoms with Gasteiger partial charge in [0.05, 0.1) is 0 Å². The molecule has 1 aliphatic carbocycles. The Labute approximate surface area is 117 Å². The van der Waals surface area contributed by atoms with Crippen LogP contribution in [0.25, 0.3) is 0 Å². The molecule has 1 fully saturated rings. The quantitative estimate of drug-likeness (QED) is 0.832. The smallest absolute Gasteiger partial charge is 0.0317 e. The molecule has 0 bridgehead atoms. The van der Waals surface area contributed by atoms with Crippen LogP contribution < -0.4 is 5.73 Å². The predicted octanol–water partition coefficient (Wildman–Crippen LogP) is 3.94. The van der Waals surface area contributed by atoms with Crippen molar-refractivity contribution in [1.29, 1.82) is 0 Å². The molecule has 3 rings (SSSR count). The number of hydrogen-bond donors (Lipinski definition) is 1. The van der Waals surface area contributed by atoms with E-state index in [1.165, 1.54) is 49.7 Å². The summed E-state index contributed by atoms with van der Waals surface area (Å²) in [4.78, 5) is 2.67. The van der Waals surface area contributed by atoms with Crippen molar-refractivity contribution in [2.75, 3.05) is 5.73 Å². The first-order chi connectivity index (χ1) is 9.26. The molecule has 0 radical (unpaired) electrons. The van der Waals surface area contributed by atoms with Gasteiger partial charge in [-0.05, 0) is 54.9 Å². The van der Waals surface area contributed by atoms with Crippen LogP contribution in [-0.4, -0.2) is 10.9 Å². The lowest BCUT2D eigenvalue weighted by Gasteiger charge is -2.34. The molecule has 104 valence electrons. The fourth-order valence-corrected chi connectivity index (χ4v) is 3.91. The summed E-state index contributed by atoms with van der Waals surface area (Å²) in [5.74, 6) is 1.00. The largest absolute Gasteiger partial charge is 0.399 e. The van der Waals surface area contributed by atoms with Crippen LogP contribution in [0.2, 0.25) is 0 Å². The average Bonchev–Trinajstić information content (AvgIpc) is 2.83. The second-order valence-corrected chi connectivity index (χ2v) is 6.40. The fourth-order valence-electron chi connectivity index (χ4n) is 3.91. The topological polar surface area (TPSA) is 29.3 Å². The summed E-state index contributed by atoms with van der Waals surface area (Å²) >= 11 is 0. The highest BCUT2D eigenvalue weighted by atomic mass is 15.2. The van der Waals surface area contributed by atoms with Gasteiger partial charge in [0.25, 0.3) is 0 Å². The molecule has 1 aromatic rings. The van der Waals surface area contributed by atoms with Crippen LogP contribution in [0.1, 0.15) is 56.6 Å². The van der Waals surface area contributed by atoms with Gasteiger partial charge in [-0.25, -0.2) is 0 Å². The van der Waals surface area contributed by atoms with E-state index in [0.717, 1.165) is 30.7 Å². The van der Waals surface area contributed by atoms with Crippen molar-refractivity contribution in [3.8, 4) is 0 Å². The highest BCUT2D eigenvalue weighted by molar-refractivity contribution is 5.46. The van der Waals surface area contributed by atoms with Crippen molar-refractivity contribution in [3.63, 3.8) is 0 Å². The Morgan fingerprint density at radius 2 is 1.84 bits per heavy atom. The van der Waals surface area contributed by atoms with Crippen LogP contribution in [0.5, 0.6) is 0 Å². The van der Waals surface area contributed by atoms with Crippen LogP contribution in [0.4, 0.5) is 5.69 Å². The molecule has 0 unspecified atom stereocenters.